The van der Waals surface area contributed by atoms with Crippen LogP contribution in [0, 0.1) is 0 Å². The van der Waals surface area contributed by atoms with Crippen molar-refractivity contribution in [3.63, 3.8) is 0 Å². The van der Waals surface area contributed by atoms with Gasteiger partial charge in [0.1, 0.15) is 29.7 Å². The number of unbranched alkanes of at least 4 members (excludes halogenated alkanes) is 3. The summed E-state index contributed by atoms with van der Waals surface area (Å²) in [5, 5.41) is 1.63. The van der Waals surface area contributed by atoms with Crippen LogP contribution in [0.15, 0.2) is 66.7 Å². The number of benzene rings is 3. The molecule has 0 spiro atoms. The van der Waals surface area contributed by atoms with Crippen molar-refractivity contribution < 1.29 is 23.9 Å². The number of ether oxygens (including phenoxy) is 2. The van der Waals surface area contributed by atoms with Crippen LogP contribution in [0.25, 0.3) is 11.0 Å². The molecule has 0 aliphatic carbocycles. The van der Waals surface area contributed by atoms with Crippen LogP contribution in [0.3, 0.4) is 0 Å². The summed E-state index contributed by atoms with van der Waals surface area (Å²) < 4.78 is 14.1. The lowest BCUT2D eigenvalue weighted by Crippen LogP contribution is -2.29. The van der Waals surface area contributed by atoms with Gasteiger partial charge in [-0.3, -0.25) is 19.7 Å². The molecule has 1 fully saturated rings. The Morgan fingerprint density at radius 3 is 2.37 bits per heavy atom. The van der Waals surface area contributed by atoms with E-state index in [4.69, 9.17) is 14.5 Å². The quantitative estimate of drug-likeness (QED) is 0.169. The van der Waals surface area contributed by atoms with Gasteiger partial charge in [0.25, 0.3) is 5.24 Å². The van der Waals surface area contributed by atoms with E-state index in [0.717, 1.165) is 59.1 Å². The number of nitrogens with zero attached hydrogens (tertiary/aromatic N) is 3. The summed E-state index contributed by atoms with van der Waals surface area (Å²) in [5.41, 5.74) is 3.58. The van der Waals surface area contributed by atoms with E-state index in [1.807, 2.05) is 83.2 Å². The molecule has 224 valence electrons. The van der Waals surface area contributed by atoms with Crippen molar-refractivity contribution in [2.45, 2.75) is 57.8 Å². The third-order valence-corrected chi connectivity index (χ3v) is 8.41. The third-order valence-electron chi connectivity index (χ3n) is 7.42. The van der Waals surface area contributed by atoms with Crippen LogP contribution in [-0.2, 0) is 29.7 Å². The largest absolute Gasteiger partial charge is 0.486 e. The van der Waals surface area contributed by atoms with Gasteiger partial charge in [0.05, 0.1) is 16.3 Å². The average Bonchev–Trinajstić information content (AvgIpc) is 3.49. The number of fused-ring (bicyclic) bond motifs is 1. The zero-order valence-electron chi connectivity index (χ0n) is 24.7. The molecule has 10 heteroatoms. The Balaban J connectivity index is 1.19. The molecular formula is C33H36N4O5S. The average molecular weight is 601 g/mol. The zero-order chi connectivity index (χ0) is 30.3. The Morgan fingerprint density at radius 2 is 1.70 bits per heavy atom. The van der Waals surface area contributed by atoms with Gasteiger partial charge in [-0.05, 0) is 66.9 Å². The fourth-order valence-electron chi connectivity index (χ4n) is 5.02. The number of carbonyl (C=O) groups is 3. The van der Waals surface area contributed by atoms with Gasteiger partial charge in [-0.25, -0.2) is 4.98 Å². The van der Waals surface area contributed by atoms with Crippen molar-refractivity contribution in [1.82, 2.24) is 14.9 Å². The number of rotatable bonds is 13. The van der Waals surface area contributed by atoms with Gasteiger partial charge < -0.3 is 18.9 Å². The number of amides is 3. The minimum atomic E-state index is -0.394. The van der Waals surface area contributed by atoms with Crippen LogP contribution in [0.5, 0.6) is 17.2 Å². The van der Waals surface area contributed by atoms with E-state index < -0.39 is 5.25 Å². The van der Waals surface area contributed by atoms with E-state index in [2.05, 4.69) is 12.2 Å². The fraction of sp³-hybridized carbons (Fsp3) is 0.333. The normalized spacial score (nSPS) is 14.6. The molecule has 1 aliphatic rings. The second-order valence-electron chi connectivity index (χ2n) is 10.6. The van der Waals surface area contributed by atoms with Gasteiger partial charge in [0.15, 0.2) is 0 Å². The molecule has 1 unspecified atom stereocenters. The van der Waals surface area contributed by atoms with E-state index in [-0.39, 0.29) is 23.7 Å². The molecular weight excluding hydrogens is 564 g/mol. The van der Waals surface area contributed by atoms with Crippen molar-refractivity contribution in [2.75, 3.05) is 11.4 Å². The van der Waals surface area contributed by atoms with Gasteiger partial charge in [0, 0.05) is 32.3 Å². The van der Waals surface area contributed by atoms with Crippen LogP contribution in [0.1, 0.15) is 50.9 Å². The van der Waals surface area contributed by atoms with E-state index in [1.165, 1.54) is 6.42 Å². The van der Waals surface area contributed by atoms with E-state index >= 15 is 0 Å². The SMILES string of the molecule is CCCCCCN(C(C)=O)c1ccc(Oc2ccc3nc(COc4ccc(CC5SC(=O)NC5=O)cc4)n(C)c3c2)cc1. The molecule has 1 aliphatic heterocycles. The smallest absolute Gasteiger partial charge is 0.286 e. The molecule has 3 aromatic carbocycles. The lowest BCUT2D eigenvalue weighted by Gasteiger charge is -2.21. The van der Waals surface area contributed by atoms with Gasteiger partial charge in [-0.15, -0.1) is 0 Å². The van der Waals surface area contributed by atoms with Crippen LogP contribution in [0.4, 0.5) is 10.5 Å². The van der Waals surface area contributed by atoms with Crippen LogP contribution >= 0.6 is 11.8 Å². The summed E-state index contributed by atoms with van der Waals surface area (Å²) in [4.78, 5) is 42.0. The molecule has 1 atom stereocenters. The molecule has 1 N–H and O–H groups in total. The third kappa shape index (κ3) is 7.56. The summed E-state index contributed by atoms with van der Waals surface area (Å²) in [6.07, 6.45) is 4.93. The van der Waals surface area contributed by atoms with E-state index in [9.17, 15) is 14.4 Å². The summed E-state index contributed by atoms with van der Waals surface area (Å²) in [6.45, 7) is 4.78. The lowest BCUT2D eigenvalue weighted by molar-refractivity contribution is -0.119. The summed E-state index contributed by atoms with van der Waals surface area (Å²) in [5.74, 6) is 2.62. The highest BCUT2D eigenvalue weighted by atomic mass is 32.2. The van der Waals surface area contributed by atoms with Crippen molar-refractivity contribution >= 4 is 45.5 Å². The number of carbonyl (C=O) groups excluding carboxylic acids is 3. The highest BCUT2D eigenvalue weighted by Crippen LogP contribution is 2.29. The number of hydrogen-bond donors (Lipinski definition) is 1. The Morgan fingerprint density at radius 1 is 0.977 bits per heavy atom. The maximum absolute atomic E-state index is 12.2. The van der Waals surface area contributed by atoms with Gasteiger partial charge in [-0.2, -0.15) is 0 Å². The maximum Gasteiger partial charge on any atom is 0.286 e. The molecule has 3 amide bonds. The van der Waals surface area contributed by atoms with Crippen LogP contribution in [-0.4, -0.2) is 38.4 Å². The Bertz CT molecular complexity index is 1600. The van der Waals surface area contributed by atoms with Crippen molar-refractivity contribution in [1.29, 1.82) is 0 Å². The first-order valence-corrected chi connectivity index (χ1v) is 15.4. The summed E-state index contributed by atoms with van der Waals surface area (Å²) >= 11 is 1.03. The molecule has 5 rings (SSSR count). The molecule has 9 nitrogen and oxygen atoms in total. The first-order valence-electron chi connectivity index (χ1n) is 14.6. The fourth-order valence-corrected chi connectivity index (χ4v) is 5.88. The molecule has 0 bridgehead atoms. The standard InChI is InChI=1S/C33H36N4O5S/c1-4-5-6-7-18-37(22(2)38)24-10-14-26(15-11-24)42-27-16-17-28-29(20-27)36(3)31(34-28)21-41-25-12-8-23(9-13-25)19-30-32(39)35-33(40)43-30/h8-17,20,30H,4-7,18-19,21H2,1-3H3,(H,35,39,40). The van der Waals surface area contributed by atoms with Crippen LogP contribution < -0.4 is 19.7 Å². The van der Waals surface area contributed by atoms with Crippen molar-refractivity contribution in [3.8, 4) is 17.2 Å². The van der Waals surface area contributed by atoms with E-state index in [1.54, 1.807) is 6.92 Å². The zero-order valence-corrected chi connectivity index (χ0v) is 25.5. The minimum absolute atomic E-state index is 0.0383. The molecule has 1 saturated heterocycles. The number of anilines is 1. The van der Waals surface area contributed by atoms with Gasteiger partial charge >= 0.3 is 0 Å². The molecule has 0 radical (unpaired) electrons. The Labute approximate surface area is 255 Å². The van der Waals surface area contributed by atoms with E-state index in [0.29, 0.717) is 30.2 Å². The first kappa shape index (κ1) is 30.2. The number of thioether (sulfide) groups is 1. The molecule has 0 saturated carbocycles. The predicted molar refractivity (Wildman–Crippen MR) is 169 cm³/mol. The molecule has 2 heterocycles. The summed E-state index contributed by atoms with van der Waals surface area (Å²) in [7, 11) is 1.94. The highest BCUT2D eigenvalue weighted by Gasteiger charge is 2.31. The first-order chi connectivity index (χ1) is 20.8. The highest BCUT2D eigenvalue weighted by molar-refractivity contribution is 8.15. The number of imide groups is 1. The van der Waals surface area contributed by atoms with Crippen molar-refractivity contribution in [2.24, 2.45) is 7.05 Å². The maximum atomic E-state index is 12.2. The number of hydrogen-bond acceptors (Lipinski definition) is 7. The molecule has 4 aromatic rings. The monoisotopic (exact) mass is 600 g/mol. The predicted octanol–water partition coefficient (Wildman–Crippen LogP) is 6.77. The number of aryl methyl sites for hydroxylation is 1. The Kier molecular flexibility index (Phi) is 9.66. The molecule has 43 heavy (non-hydrogen) atoms. The number of nitrogens with one attached hydrogen (secondary N) is 1. The minimum Gasteiger partial charge on any atom is -0.486 e. The Hall–Kier alpha value is -4.31. The summed E-state index contributed by atoms with van der Waals surface area (Å²) in [6, 6.07) is 20.9. The lowest BCUT2D eigenvalue weighted by atomic mass is 10.1. The van der Waals surface area contributed by atoms with Crippen molar-refractivity contribution in [3.05, 3.63) is 78.1 Å². The number of aromatic nitrogens is 2. The topological polar surface area (TPSA) is 103 Å². The molecule has 1 aromatic heterocycles. The van der Waals surface area contributed by atoms with Gasteiger partial charge in [-0.1, -0.05) is 50.1 Å². The van der Waals surface area contributed by atoms with Gasteiger partial charge in [0.2, 0.25) is 11.8 Å². The second kappa shape index (κ2) is 13.8. The number of imidazole rings is 1. The second-order valence-corrected chi connectivity index (χ2v) is 11.8. The van der Waals surface area contributed by atoms with Crippen LogP contribution in [0.2, 0.25) is 0 Å².